The Morgan fingerprint density at radius 2 is 0.727 bits per heavy atom. The summed E-state index contributed by atoms with van der Waals surface area (Å²) < 4.78 is 0. The molecule has 0 bridgehead atoms. The average molecular weight is 563 g/mol. The highest BCUT2D eigenvalue weighted by Crippen LogP contribution is 2.45. The number of fused-ring (bicyclic) bond motifs is 2. The highest BCUT2D eigenvalue weighted by molar-refractivity contribution is 6.02. The molecule has 0 aliphatic rings. The van der Waals surface area contributed by atoms with Gasteiger partial charge in [0.05, 0.1) is 33.9 Å². The Morgan fingerprint density at radius 1 is 0.364 bits per heavy atom. The molecule has 0 saturated heterocycles. The maximum absolute atomic E-state index is 10.7. The molecule has 0 aromatic heterocycles. The van der Waals surface area contributed by atoms with Crippen molar-refractivity contribution in [1.29, 1.82) is 10.5 Å². The summed E-state index contributed by atoms with van der Waals surface area (Å²) in [6.45, 7) is 0. The summed E-state index contributed by atoms with van der Waals surface area (Å²) in [6.07, 6.45) is 0. The topological polar surface area (TPSA) is 54.1 Å². The van der Waals surface area contributed by atoms with Crippen molar-refractivity contribution in [3.63, 3.8) is 0 Å². The van der Waals surface area contributed by atoms with Gasteiger partial charge in [-0.1, -0.05) is 109 Å². The van der Waals surface area contributed by atoms with E-state index in [0.29, 0.717) is 22.5 Å². The molecule has 4 nitrogen and oxygen atoms in total. The lowest BCUT2D eigenvalue weighted by molar-refractivity contribution is 1.24. The molecule has 0 fully saturated rings. The third-order valence-corrected chi connectivity index (χ3v) is 7.88. The van der Waals surface area contributed by atoms with E-state index < -0.39 is 0 Å². The molecule has 4 heteroatoms. The molecular formula is C40H26N4. The molecule has 7 aromatic rings. The molecule has 0 aliphatic heterocycles. The van der Waals surface area contributed by atoms with Gasteiger partial charge in [-0.3, -0.25) is 0 Å². The number of hydrogen-bond donors (Lipinski definition) is 0. The molecule has 206 valence electrons. The Labute approximate surface area is 256 Å². The van der Waals surface area contributed by atoms with Crippen LogP contribution in [0.2, 0.25) is 0 Å². The van der Waals surface area contributed by atoms with E-state index in [4.69, 9.17) is 0 Å². The Morgan fingerprint density at radius 3 is 1.14 bits per heavy atom. The fraction of sp³-hybridized carbons (Fsp3) is 0. The zero-order chi connectivity index (χ0) is 29.9. The number of nitrogens with zero attached hydrogens (tertiary/aromatic N) is 4. The molecule has 0 N–H and O–H groups in total. The third kappa shape index (κ3) is 4.68. The Kier molecular flexibility index (Phi) is 6.93. The molecule has 0 amide bonds. The summed E-state index contributed by atoms with van der Waals surface area (Å²) in [5.41, 5.74) is 5.83. The Balaban J connectivity index is 1.51. The van der Waals surface area contributed by atoms with Crippen LogP contribution in [0.15, 0.2) is 158 Å². The standard InChI is InChI=1S/C40H26N4/c41-27-31-26-40(44(34-19-5-2-6-20-34)38-24-12-16-30-14-8-10-22-36(30)38)32(28-42)25-39(31)43(33-17-3-1-4-18-33)37-23-11-15-29-13-7-9-21-35(29)37/h1-26H. The van der Waals surface area contributed by atoms with Gasteiger partial charge in [-0.25, -0.2) is 0 Å². The number of nitriles is 2. The van der Waals surface area contributed by atoms with Gasteiger partial charge in [-0.2, -0.15) is 10.5 Å². The first-order valence-corrected chi connectivity index (χ1v) is 14.4. The van der Waals surface area contributed by atoms with Crippen LogP contribution in [0.5, 0.6) is 0 Å². The van der Waals surface area contributed by atoms with Crippen molar-refractivity contribution in [2.75, 3.05) is 9.80 Å². The van der Waals surface area contributed by atoms with E-state index in [1.54, 1.807) is 0 Å². The average Bonchev–Trinajstić information content (AvgIpc) is 3.10. The van der Waals surface area contributed by atoms with Crippen LogP contribution in [0.4, 0.5) is 34.1 Å². The lowest BCUT2D eigenvalue weighted by Crippen LogP contribution is -2.16. The minimum absolute atomic E-state index is 0.456. The smallest absolute Gasteiger partial charge is 0.101 e. The van der Waals surface area contributed by atoms with Crippen molar-refractivity contribution < 1.29 is 0 Å². The molecule has 0 aliphatic carbocycles. The highest BCUT2D eigenvalue weighted by atomic mass is 15.2. The van der Waals surface area contributed by atoms with Crippen LogP contribution in [-0.2, 0) is 0 Å². The SMILES string of the molecule is N#Cc1cc(N(c2ccccc2)c2cccc3ccccc23)c(C#N)cc1N(c1ccccc1)c1cccc2ccccc12. The highest BCUT2D eigenvalue weighted by Gasteiger charge is 2.24. The second kappa shape index (κ2) is 11.5. The molecular weight excluding hydrogens is 536 g/mol. The van der Waals surface area contributed by atoms with Crippen LogP contribution in [-0.4, -0.2) is 0 Å². The molecule has 44 heavy (non-hydrogen) atoms. The Hall–Kier alpha value is -6.36. The summed E-state index contributed by atoms with van der Waals surface area (Å²) >= 11 is 0. The van der Waals surface area contributed by atoms with Crippen molar-refractivity contribution >= 4 is 55.7 Å². The summed E-state index contributed by atoms with van der Waals surface area (Å²) in [5.74, 6) is 0. The largest absolute Gasteiger partial charge is 0.308 e. The van der Waals surface area contributed by atoms with Crippen molar-refractivity contribution in [1.82, 2.24) is 0 Å². The van der Waals surface area contributed by atoms with Gasteiger partial charge >= 0.3 is 0 Å². The number of anilines is 6. The summed E-state index contributed by atoms with van der Waals surface area (Å²) in [5, 5.41) is 25.6. The predicted octanol–water partition coefficient (Wildman–Crippen LogP) is 10.7. The van der Waals surface area contributed by atoms with Gasteiger partial charge in [0.25, 0.3) is 0 Å². The van der Waals surface area contributed by atoms with Gasteiger partial charge in [-0.05, 0) is 59.3 Å². The van der Waals surface area contributed by atoms with E-state index in [2.05, 4.69) is 70.5 Å². The minimum Gasteiger partial charge on any atom is -0.308 e. The van der Waals surface area contributed by atoms with Crippen LogP contribution in [0.3, 0.4) is 0 Å². The molecule has 0 radical (unpaired) electrons. The third-order valence-electron chi connectivity index (χ3n) is 7.88. The van der Waals surface area contributed by atoms with E-state index in [1.165, 1.54) is 0 Å². The van der Waals surface area contributed by atoms with E-state index in [0.717, 1.165) is 44.3 Å². The van der Waals surface area contributed by atoms with Crippen molar-refractivity contribution in [3.05, 3.63) is 169 Å². The van der Waals surface area contributed by atoms with Gasteiger partial charge in [0.15, 0.2) is 0 Å². The fourth-order valence-corrected chi connectivity index (χ4v) is 5.90. The minimum atomic E-state index is 0.456. The van der Waals surface area contributed by atoms with Crippen LogP contribution >= 0.6 is 0 Å². The van der Waals surface area contributed by atoms with Gasteiger partial charge in [0.2, 0.25) is 0 Å². The normalized spacial score (nSPS) is 10.7. The molecule has 0 spiro atoms. The second-order valence-electron chi connectivity index (χ2n) is 10.4. The molecule has 0 unspecified atom stereocenters. The van der Waals surface area contributed by atoms with E-state index in [-0.39, 0.29) is 0 Å². The van der Waals surface area contributed by atoms with Crippen molar-refractivity contribution in [2.24, 2.45) is 0 Å². The van der Waals surface area contributed by atoms with Crippen LogP contribution in [0, 0.1) is 22.7 Å². The molecule has 7 rings (SSSR count). The van der Waals surface area contributed by atoms with Crippen LogP contribution < -0.4 is 9.80 Å². The lowest BCUT2D eigenvalue weighted by atomic mass is 10.0. The molecule has 7 aromatic carbocycles. The van der Waals surface area contributed by atoms with Crippen molar-refractivity contribution in [3.8, 4) is 12.1 Å². The van der Waals surface area contributed by atoms with E-state index in [1.807, 2.05) is 109 Å². The number of rotatable bonds is 6. The van der Waals surface area contributed by atoms with E-state index in [9.17, 15) is 10.5 Å². The Bertz CT molecular complexity index is 2040. The number of benzene rings is 7. The molecule has 0 heterocycles. The predicted molar refractivity (Wildman–Crippen MR) is 180 cm³/mol. The summed E-state index contributed by atoms with van der Waals surface area (Å²) in [7, 11) is 0. The van der Waals surface area contributed by atoms with Gasteiger partial charge in [0.1, 0.15) is 12.1 Å². The first kappa shape index (κ1) is 26.5. The van der Waals surface area contributed by atoms with Crippen molar-refractivity contribution in [2.45, 2.75) is 0 Å². The van der Waals surface area contributed by atoms with Gasteiger partial charge in [0, 0.05) is 22.1 Å². The summed E-state index contributed by atoms with van der Waals surface area (Å²) in [6, 6.07) is 57.4. The maximum Gasteiger partial charge on any atom is 0.101 e. The number of hydrogen-bond acceptors (Lipinski definition) is 4. The zero-order valence-corrected chi connectivity index (χ0v) is 23.8. The monoisotopic (exact) mass is 562 g/mol. The fourth-order valence-electron chi connectivity index (χ4n) is 5.90. The number of para-hydroxylation sites is 2. The molecule has 0 saturated carbocycles. The first-order valence-electron chi connectivity index (χ1n) is 14.4. The maximum atomic E-state index is 10.7. The van der Waals surface area contributed by atoms with Gasteiger partial charge < -0.3 is 9.80 Å². The van der Waals surface area contributed by atoms with E-state index >= 15 is 0 Å². The van der Waals surface area contributed by atoms with Gasteiger partial charge in [-0.15, -0.1) is 0 Å². The first-order chi connectivity index (χ1) is 21.8. The molecule has 0 atom stereocenters. The second-order valence-corrected chi connectivity index (χ2v) is 10.4. The quantitative estimate of drug-likeness (QED) is 0.202. The van der Waals surface area contributed by atoms with Crippen LogP contribution in [0.1, 0.15) is 11.1 Å². The summed E-state index contributed by atoms with van der Waals surface area (Å²) in [4.78, 5) is 4.16. The zero-order valence-electron chi connectivity index (χ0n) is 23.8. The van der Waals surface area contributed by atoms with Crippen LogP contribution in [0.25, 0.3) is 21.5 Å². The lowest BCUT2D eigenvalue weighted by Gasteiger charge is -2.31.